The van der Waals surface area contributed by atoms with Gasteiger partial charge in [0.25, 0.3) is 5.91 Å². The molecular weight excluding hydrogens is 400 g/mol. The monoisotopic (exact) mass is 422 g/mol. The fourth-order valence-electron chi connectivity index (χ4n) is 3.67. The highest BCUT2D eigenvalue weighted by molar-refractivity contribution is 8.16. The summed E-state index contributed by atoms with van der Waals surface area (Å²) >= 11 is 1.36. The summed E-state index contributed by atoms with van der Waals surface area (Å²) in [5.41, 5.74) is 4.73. The summed E-state index contributed by atoms with van der Waals surface area (Å²) in [6.07, 6.45) is 1.74. The van der Waals surface area contributed by atoms with Gasteiger partial charge < -0.3 is 14.0 Å². The van der Waals surface area contributed by atoms with Crippen molar-refractivity contribution in [2.24, 2.45) is 4.99 Å². The molecule has 0 fully saturated rings. The molecule has 0 atom stereocenters. The highest BCUT2D eigenvalue weighted by Crippen LogP contribution is 2.34. The normalized spacial score (nSPS) is 17.2. The lowest BCUT2D eigenvalue weighted by Gasteiger charge is -2.25. The van der Waals surface area contributed by atoms with Crippen LogP contribution >= 0.6 is 11.8 Å². The van der Waals surface area contributed by atoms with Crippen LogP contribution in [-0.4, -0.2) is 40.6 Å². The van der Waals surface area contributed by atoms with Crippen LogP contribution in [0.2, 0.25) is 0 Å². The molecular formula is C22H22N4O3S. The van der Waals surface area contributed by atoms with Crippen LogP contribution in [0.3, 0.4) is 0 Å². The van der Waals surface area contributed by atoms with Gasteiger partial charge in [-0.2, -0.15) is 4.99 Å². The number of nitrogens with one attached hydrogen (secondary N) is 1. The number of amidine groups is 2. The van der Waals surface area contributed by atoms with Crippen molar-refractivity contribution in [1.29, 1.82) is 5.41 Å². The summed E-state index contributed by atoms with van der Waals surface area (Å²) in [6, 6.07) is 7.61. The van der Waals surface area contributed by atoms with Crippen LogP contribution in [0, 0.1) is 19.3 Å². The largest absolute Gasteiger partial charge is 0.497 e. The van der Waals surface area contributed by atoms with Crippen molar-refractivity contribution in [3.8, 4) is 17.2 Å². The lowest BCUT2D eigenvalue weighted by molar-refractivity contribution is -0.114. The van der Waals surface area contributed by atoms with E-state index in [2.05, 4.69) is 9.56 Å². The standard InChI is InChI=1S/C22H22N4O3S/c1-12-8-15(9-17-20(23)26-13(2)11-30-22(26)24-21(17)27)14(3)25(12)18-10-16(28-4)6-7-19(18)29-5/h6-11,23H,1-5H3/b17-9+,23-20?. The maximum absolute atomic E-state index is 12.6. The average molecular weight is 423 g/mol. The Balaban J connectivity index is 1.82. The number of rotatable bonds is 4. The van der Waals surface area contributed by atoms with Crippen molar-refractivity contribution in [3.63, 3.8) is 0 Å². The number of aromatic nitrogens is 1. The predicted octanol–water partition coefficient (Wildman–Crippen LogP) is 4.28. The Labute approximate surface area is 179 Å². The van der Waals surface area contributed by atoms with E-state index in [0.29, 0.717) is 10.9 Å². The van der Waals surface area contributed by atoms with Crippen molar-refractivity contribution in [2.75, 3.05) is 14.2 Å². The first-order chi connectivity index (χ1) is 14.3. The maximum Gasteiger partial charge on any atom is 0.283 e. The molecule has 0 aliphatic carbocycles. The summed E-state index contributed by atoms with van der Waals surface area (Å²) < 4.78 is 13.0. The van der Waals surface area contributed by atoms with Crippen molar-refractivity contribution in [2.45, 2.75) is 20.8 Å². The lowest BCUT2D eigenvalue weighted by atomic mass is 10.1. The van der Waals surface area contributed by atoms with E-state index >= 15 is 0 Å². The molecule has 2 aliphatic rings. The third-order valence-corrected chi connectivity index (χ3v) is 6.13. The zero-order valence-corrected chi connectivity index (χ0v) is 18.3. The molecule has 1 aromatic heterocycles. The van der Waals surface area contributed by atoms with Gasteiger partial charge in [-0.1, -0.05) is 11.8 Å². The van der Waals surface area contributed by atoms with Crippen LogP contribution in [0.25, 0.3) is 11.8 Å². The molecule has 2 aliphatic heterocycles. The number of aryl methyl sites for hydroxylation is 1. The lowest BCUT2D eigenvalue weighted by Crippen LogP contribution is -2.37. The number of hydrogen-bond acceptors (Lipinski definition) is 5. The van der Waals surface area contributed by atoms with E-state index < -0.39 is 5.91 Å². The van der Waals surface area contributed by atoms with Gasteiger partial charge in [0.2, 0.25) is 0 Å². The molecule has 154 valence electrons. The number of amides is 1. The van der Waals surface area contributed by atoms with Crippen LogP contribution in [0.4, 0.5) is 0 Å². The van der Waals surface area contributed by atoms with Gasteiger partial charge in [0, 0.05) is 23.2 Å². The Morgan fingerprint density at radius 1 is 1.13 bits per heavy atom. The number of ether oxygens (including phenoxy) is 2. The Hall–Kier alpha value is -3.26. The van der Waals surface area contributed by atoms with Crippen molar-refractivity contribution in [3.05, 3.63) is 57.9 Å². The van der Waals surface area contributed by atoms with Crippen LogP contribution < -0.4 is 9.47 Å². The minimum absolute atomic E-state index is 0.146. The minimum Gasteiger partial charge on any atom is -0.497 e. The molecule has 0 unspecified atom stereocenters. The molecule has 0 saturated carbocycles. The highest BCUT2D eigenvalue weighted by Gasteiger charge is 2.34. The topological polar surface area (TPSA) is 79.9 Å². The van der Waals surface area contributed by atoms with Gasteiger partial charge >= 0.3 is 0 Å². The summed E-state index contributed by atoms with van der Waals surface area (Å²) in [7, 11) is 3.25. The summed E-state index contributed by atoms with van der Waals surface area (Å²) in [6.45, 7) is 5.86. The Kier molecular flexibility index (Phi) is 5.03. The number of methoxy groups -OCH3 is 2. The molecule has 0 saturated heterocycles. The van der Waals surface area contributed by atoms with E-state index in [9.17, 15) is 4.79 Å². The second-order valence-electron chi connectivity index (χ2n) is 7.02. The molecule has 0 spiro atoms. The van der Waals surface area contributed by atoms with Gasteiger partial charge in [0.05, 0.1) is 25.5 Å². The Morgan fingerprint density at radius 2 is 1.90 bits per heavy atom. The molecule has 7 nitrogen and oxygen atoms in total. The number of carbonyl (C=O) groups excluding carboxylic acids is 1. The minimum atomic E-state index is -0.398. The van der Waals surface area contributed by atoms with Crippen molar-refractivity contribution in [1.82, 2.24) is 9.47 Å². The molecule has 1 amide bonds. The molecule has 1 N–H and O–H groups in total. The zero-order valence-electron chi connectivity index (χ0n) is 17.4. The molecule has 0 bridgehead atoms. The van der Waals surface area contributed by atoms with Gasteiger partial charge in [0.15, 0.2) is 5.17 Å². The van der Waals surface area contributed by atoms with Gasteiger partial charge in [-0.25, -0.2) is 0 Å². The first-order valence-electron chi connectivity index (χ1n) is 9.34. The molecule has 3 heterocycles. The fraction of sp³-hybridized carbons (Fsp3) is 0.227. The maximum atomic E-state index is 12.6. The van der Waals surface area contributed by atoms with Crippen molar-refractivity contribution >= 4 is 34.7 Å². The van der Waals surface area contributed by atoms with Crippen LogP contribution in [0.5, 0.6) is 11.5 Å². The third-order valence-electron chi connectivity index (χ3n) is 5.18. The average Bonchev–Trinajstić information content (AvgIpc) is 3.23. The quantitative estimate of drug-likeness (QED) is 0.744. The number of allylic oxidation sites excluding steroid dienone is 1. The van der Waals surface area contributed by atoms with Gasteiger partial charge in [-0.3, -0.25) is 15.1 Å². The third kappa shape index (κ3) is 3.13. The SMILES string of the molecule is COc1ccc(OC)c(-n2c(C)cc(/C=C3\C(=N)N4C(C)=CSC4=NC3=O)c2C)c1. The number of fused-ring (bicyclic) bond motifs is 1. The van der Waals surface area contributed by atoms with Crippen molar-refractivity contribution < 1.29 is 14.3 Å². The van der Waals surface area contributed by atoms with Crippen LogP contribution in [0.1, 0.15) is 23.9 Å². The van der Waals surface area contributed by atoms with Crippen LogP contribution in [-0.2, 0) is 4.79 Å². The number of hydrogen-bond donors (Lipinski definition) is 1. The molecule has 4 rings (SSSR count). The molecule has 0 radical (unpaired) electrons. The molecule has 1 aromatic carbocycles. The smallest absolute Gasteiger partial charge is 0.283 e. The second kappa shape index (κ2) is 7.53. The number of nitrogens with zero attached hydrogens (tertiary/aromatic N) is 3. The second-order valence-corrected chi connectivity index (χ2v) is 7.85. The molecule has 2 aromatic rings. The zero-order chi connectivity index (χ0) is 21.6. The van der Waals surface area contributed by atoms with Crippen LogP contribution in [0.15, 0.2) is 45.9 Å². The summed E-state index contributed by atoms with van der Waals surface area (Å²) in [5, 5.41) is 11.0. The van der Waals surface area contributed by atoms with E-state index in [0.717, 1.165) is 34.1 Å². The fourth-order valence-corrected chi connectivity index (χ4v) is 4.53. The predicted molar refractivity (Wildman–Crippen MR) is 120 cm³/mol. The number of benzene rings is 1. The summed E-state index contributed by atoms with van der Waals surface area (Å²) in [4.78, 5) is 18.5. The Morgan fingerprint density at radius 3 is 2.60 bits per heavy atom. The molecule has 30 heavy (non-hydrogen) atoms. The number of thioether (sulfide) groups is 1. The van der Waals surface area contributed by atoms with Gasteiger partial charge in [0.1, 0.15) is 17.3 Å². The van der Waals surface area contributed by atoms with E-state index in [1.807, 2.05) is 50.4 Å². The first-order valence-corrected chi connectivity index (χ1v) is 10.2. The highest BCUT2D eigenvalue weighted by atomic mass is 32.2. The van der Waals surface area contributed by atoms with E-state index in [1.54, 1.807) is 25.2 Å². The summed E-state index contributed by atoms with van der Waals surface area (Å²) in [5.74, 6) is 1.18. The van der Waals surface area contributed by atoms with E-state index in [1.165, 1.54) is 11.8 Å². The van der Waals surface area contributed by atoms with Gasteiger partial charge in [-0.05, 0) is 56.0 Å². The Bertz CT molecular complexity index is 1170. The van der Waals surface area contributed by atoms with Gasteiger partial charge in [-0.15, -0.1) is 0 Å². The number of carbonyl (C=O) groups is 1. The van der Waals surface area contributed by atoms with E-state index in [-0.39, 0.29) is 11.4 Å². The molecule has 8 heteroatoms. The number of aliphatic imine (C=N–C) groups is 1. The first kappa shape index (κ1) is 20.0. The van der Waals surface area contributed by atoms with E-state index in [4.69, 9.17) is 14.9 Å².